The lowest BCUT2D eigenvalue weighted by molar-refractivity contribution is 0.199. The maximum Gasteiger partial charge on any atom is 0.240 e. The van der Waals surface area contributed by atoms with Gasteiger partial charge in [0.25, 0.3) is 0 Å². The molecule has 0 bridgehead atoms. The molecule has 0 spiro atoms. The van der Waals surface area contributed by atoms with E-state index in [1.807, 2.05) is 0 Å². The first-order chi connectivity index (χ1) is 12.6. The molecule has 1 N–H and O–H groups in total. The van der Waals surface area contributed by atoms with Gasteiger partial charge in [-0.15, -0.1) is 11.6 Å². The summed E-state index contributed by atoms with van der Waals surface area (Å²) in [7, 11) is -3.41. The molecule has 0 aromatic heterocycles. The van der Waals surface area contributed by atoms with Crippen molar-refractivity contribution < 1.29 is 8.42 Å². The van der Waals surface area contributed by atoms with Crippen molar-refractivity contribution in [2.75, 3.05) is 26.2 Å². The summed E-state index contributed by atoms with van der Waals surface area (Å²) >= 11 is 5.75. The van der Waals surface area contributed by atoms with Gasteiger partial charge in [0.15, 0.2) is 0 Å². The van der Waals surface area contributed by atoms with E-state index in [9.17, 15) is 8.42 Å². The highest BCUT2D eigenvalue weighted by Gasteiger charge is 2.24. The van der Waals surface area contributed by atoms with E-state index >= 15 is 0 Å². The molecule has 0 unspecified atom stereocenters. The number of likely N-dealkylation sites (tertiary alicyclic amines) is 1. The van der Waals surface area contributed by atoms with Crippen LogP contribution in [0.1, 0.15) is 50.5 Å². The highest BCUT2D eigenvalue weighted by molar-refractivity contribution is 7.89. The number of halogens is 1. The van der Waals surface area contributed by atoms with Crippen LogP contribution in [0.25, 0.3) is 0 Å². The standard InChI is InChI=1S/C20H31ClN2O2S/c21-15-18-7-9-20(10-8-18)26(24,25)22-12-11-17-3-5-19(6-4-17)16-23-13-1-2-14-23/h7-10,17,19,22H,1-6,11-16H2. The minimum absolute atomic E-state index is 0.320. The molecule has 6 heteroatoms. The molecule has 146 valence electrons. The second-order valence-corrected chi connectivity index (χ2v) is 9.89. The number of hydrogen-bond donors (Lipinski definition) is 1. The average molecular weight is 399 g/mol. The Morgan fingerprint density at radius 3 is 2.23 bits per heavy atom. The molecule has 4 nitrogen and oxygen atoms in total. The Bertz CT molecular complexity index is 649. The van der Waals surface area contributed by atoms with Gasteiger partial charge >= 0.3 is 0 Å². The van der Waals surface area contributed by atoms with Crippen LogP contribution in [0.4, 0.5) is 0 Å². The van der Waals surface area contributed by atoms with Crippen molar-refractivity contribution >= 4 is 21.6 Å². The van der Waals surface area contributed by atoms with Gasteiger partial charge in [-0.05, 0) is 74.7 Å². The van der Waals surface area contributed by atoms with E-state index in [0.29, 0.717) is 23.2 Å². The molecule has 1 saturated heterocycles. The normalized spacial score (nSPS) is 24.8. The highest BCUT2D eigenvalue weighted by Crippen LogP contribution is 2.31. The van der Waals surface area contributed by atoms with Crippen LogP contribution in [0, 0.1) is 11.8 Å². The lowest BCUT2D eigenvalue weighted by Crippen LogP contribution is -2.30. The second kappa shape index (κ2) is 9.54. The number of benzene rings is 1. The van der Waals surface area contributed by atoms with Gasteiger partial charge in [-0.3, -0.25) is 0 Å². The van der Waals surface area contributed by atoms with Crippen LogP contribution < -0.4 is 4.72 Å². The van der Waals surface area contributed by atoms with E-state index in [1.165, 1.54) is 58.2 Å². The minimum Gasteiger partial charge on any atom is -0.303 e. The number of nitrogens with one attached hydrogen (secondary N) is 1. The van der Waals surface area contributed by atoms with Crippen LogP contribution in [0.15, 0.2) is 29.2 Å². The van der Waals surface area contributed by atoms with Gasteiger partial charge in [-0.1, -0.05) is 25.0 Å². The summed E-state index contributed by atoms with van der Waals surface area (Å²) in [4.78, 5) is 2.94. The van der Waals surface area contributed by atoms with Crippen molar-refractivity contribution in [2.24, 2.45) is 11.8 Å². The smallest absolute Gasteiger partial charge is 0.240 e. The summed E-state index contributed by atoms with van der Waals surface area (Å²) in [5, 5.41) is 0. The number of hydrogen-bond acceptors (Lipinski definition) is 3. The molecule has 1 saturated carbocycles. The topological polar surface area (TPSA) is 49.4 Å². The second-order valence-electron chi connectivity index (χ2n) is 7.86. The van der Waals surface area contributed by atoms with Crippen LogP contribution in [0.3, 0.4) is 0 Å². The van der Waals surface area contributed by atoms with Crippen LogP contribution in [-0.2, 0) is 15.9 Å². The summed E-state index contributed by atoms with van der Waals surface area (Å²) < 4.78 is 27.5. The van der Waals surface area contributed by atoms with Crippen LogP contribution in [-0.4, -0.2) is 39.5 Å². The molecule has 26 heavy (non-hydrogen) atoms. The van der Waals surface area contributed by atoms with E-state index in [1.54, 1.807) is 24.3 Å². The van der Waals surface area contributed by atoms with Gasteiger partial charge in [-0.2, -0.15) is 0 Å². The average Bonchev–Trinajstić information content (AvgIpc) is 3.16. The molecule has 3 rings (SSSR count). The fourth-order valence-corrected chi connectivity index (χ4v) is 5.50. The van der Waals surface area contributed by atoms with Gasteiger partial charge in [0.1, 0.15) is 0 Å². The molecule has 0 radical (unpaired) electrons. The summed E-state index contributed by atoms with van der Waals surface area (Å²) in [6, 6.07) is 6.79. The minimum atomic E-state index is -3.41. The maximum atomic E-state index is 12.4. The third-order valence-corrected chi connectivity index (χ3v) is 7.70. The molecule has 2 fully saturated rings. The monoisotopic (exact) mass is 398 g/mol. The van der Waals surface area contributed by atoms with E-state index in [2.05, 4.69) is 9.62 Å². The van der Waals surface area contributed by atoms with E-state index < -0.39 is 10.0 Å². The molecule has 1 aliphatic carbocycles. The van der Waals surface area contributed by atoms with Gasteiger partial charge in [0, 0.05) is 19.0 Å². The highest BCUT2D eigenvalue weighted by atomic mass is 35.5. The lowest BCUT2D eigenvalue weighted by atomic mass is 9.80. The molecule has 0 amide bonds. The van der Waals surface area contributed by atoms with Gasteiger partial charge in [0.05, 0.1) is 4.90 Å². The first-order valence-electron chi connectivity index (χ1n) is 9.94. The van der Waals surface area contributed by atoms with E-state index in [0.717, 1.165) is 17.9 Å². The molecule has 1 aliphatic heterocycles. The first-order valence-corrected chi connectivity index (χ1v) is 12.0. The van der Waals surface area contributed by atoms with Crippen molar-refractivity contribution in [1.82, 2.24) is 9.62 Å². The van der Waals surface area contributed by atoms with Crippen molar-refractivity contribution in [2.45, 2.75) is 55.7 Å². The molecule has 1 aromatic rings. The van der Waals surface area contributed by atoms with Gasteiger partial charge in [-0.25, -0.2) is 13.1 Å². The van der Waals surface area contributed by atoms with Crippen LogP contribution in [0.2, 0.25) is 0 Å². The molecular formula is C20H31ClN2O2S. The number of nitrogens with zero attached hydrogens (tertiary/aromatic N) is 1. The zero-order valence-electron chi connectivity index (χ0n) is 15.5. The van der Waals surface area contributed by atoms with Crippen molar-refractivity contribution in [3.8, 4) is 0 Å². The Morgan fingerprint density at radius 1 is 1.00 bits per heavy atom. The Balaban J connectivity index is 1.38. The predicted octanol–water partition coefficient (Wildman–Crippen LogP) is 4.00. The molecular weight excluding hydrogens is 368 g/mol. The molecule has 2 aliphatic rings. The molecule has 1 heterocycles. The zero-order valence-corrected chi connectivity index (χ0v) is 17.1. The SMILES string of the molecule is O=S(=O)(NCCC1CCC(CN2CCCC2)CC1)c1ccc(CCl)cc1. The van der Waals surface area contributed by atoms with Gasteiger partial charge < -0.3 is 4.90 Å². The third kappa shape index (κ3) is 5.69. The molecule has 1 aromatic carbocycles. The quantitative estimate of drug-likeness (QED) is 0.673. The van der Waals surface area contributed by atoms with E-state index in [-0.39, 0.29) is 0 Å². The fourth-order valence-electron chi connectivity index (χ4n) is 4.27. The number of alkyl halides is 1. The first kappa shape index (κ1) is 20.1. The Morgan fingerprint density at radius 2 is 1.62 bits per heavy atom. The van der Waals surface area contributed by atoms with Crippen molar-refractivity contribution in [3.05, 3.63) is 29.8 Å². The maximum absolute atomic E-state index is 12.4. The summed E-state index contributed by atoms with van der Waals surface area (Å²) in [6.45, 7) is 4.37. The Hall–Kier alpha value is -0.620. The van der Waals surface area contributed by atoms with Crippen LogP contribution in [0.5, 0.6) is 0 Å². The molecule has 0 atom stereocenters. The summed E-state index contributed by atoms with van der Waals surface area (Å²) in [5.41, 5.74) is 0.927. The summed E-state index contributed by atoms with van der Waals surface area (Å²) in [5.74, 6) is 1.90. The zero-order chi connectivity index (χ0) is 18.4. The number of rotatable bonds is 8. The van der Waals surface area contributed by atoms with Crippen molar-refractivity contribution in [3.63, 3.8) is 0 Å². The van der Waals surface area contributed by atoms with Crippen LogP contribution >= 0.6 is 11.6 Å². The largest absolute Gasteiger partial charge is 0.303 e. The van der Waals surface area contributed by atoms with E-state index in [4.69, 9.17) is 11.6 Å². The Labute approximate surface area is 163 Å². The summed E-state index contributed by atoms with van der Waals surface area (Å²) in [6.07, 6.45) is 8.75. The van der Waals surface area contributed by atoms with Crippen molar-refractivity contribution in [1.29, 1.82) is 0 Å². The third-order valence-electron chi connectivity index (χ3n) is 5.91. The number of sulfonamides is 1. The predicted molar refractivity (Wildman–Crippen MR) is 107 cm³/mol. The Kier molecular flexibility index (Phi) is 7.38. The fraction of sp³-hybridized carbons (Fsp3) is 0.700. The van der Waals surface area contributed by atoms with Gasteiger partial charge in [0.2, 0.25) is 10.0 Å². The lowest BCUT2D eigenvalue weighted by Gasteiger charge is -2.31.